The number of aliphatic carboxylic acids is 1. The number of anilines is 1. The molecule has 1 aromatic carbocycles. The van der Waals surface area contributed by atoms with Gasteiger partial charge in [0.15, 0.2) is 0 Å². The summed E-state index contributed by atoms with van der Waals surface area (Å²) in [7, 11) is 0. The predicted molar refractivity (Wildman–Crippen MR) is 80.9 cm³/mol. The SMILES string of the molecule is CCCCOc1ccc(NC(=O)NCCC(=O)O)c(C)c1. The molecule has 0 aliphatic carbocycles. The minimum Gasteiger partial charge on any atom is -0.494 e. The number of carbonyl (C=O) groups excluding carboxylic acids is 1. The summed E-state index contributed by atoms with van der Waals surface area (Å²) in [5.41, 5.74) is 1.56. The van der Waals surface area contributed by atoms with Crippen LogP contribution in [0.25, 0.3) is 0 Å². The van der Waals surface area contributed by atoms with Crippen LogP contribution in [0.15, 0.2) is 18.2 Å². The number of amides is 2. The quantitative estimate of drug-likeness (QED) is 0.643. The maximum absolute atomic E-state index is 11.6. The van der Waals surface area contributed by atoms with E-state index in [0.29, 0.717) is 12.3 Å². The Kier molecular flexibility index (Phi) is 7.08. The van der Waals surface area contributed by atoms with Gasteiger partial charge in [-0.05, 0) is 37.1 Å². The smallest absolute Gasteiger partial charge is 0.319 e. The lowest BCUT2D eigenvalue weighted by atomic mass is 10.2. The average molecular weight is 294 g/mol. The first kappa shape index (κ1) is 16.8. The van der Waals surface area contributed by atoms with Crippen LogP contribution < -0.4 is 15.4 Å². The normalized spacial score (nSPS) is 10.0. The van der Waals surface area contributed by atoms with E-state index in [2.05, 4.69) is 17.6 Å². The van der Waals surface area contributed by atoms with Gasteiger partial charge in [0.2, 0.25) is 0 Å². The number of aryl methyl sites for hydroxylation is 1. The molecule has 0 fully saturated rings. The lowest BCUT2D eigenvalue weighted by Gasteiger charge is -2.11. The van der Waals surface area contributed by atoms with Gasteiger partial charge in [0, 0.05) is 12.2 Å². The van der Waals surface area contributed by atoms with Crippen LogP contribution >= 0.6 is 0 Å². The molecule has 0 aromatic heterocycles. The molecule has 0 unspecified atom stereocenters. The number of carbonyl (C=O) groups is 2. The van der Waals surface area contributed by atoms with E-state index >= 15 is 0 Å². The molecule has 2 amide bonds. The summed E-state index contributed by atoms with van der Waals surface area (Å²) in [6.07, 6.45) is 1.98. The van der Waals surface area contributed by atoms with Crippen molar-refractivity contribution >= 4 is 17.7 Å². The highest BCUT2D eigenvalue weighted by atomic mass is 16.5. The molecular formula is C15H22N2O4. The van der Waals surface area contributed by atoms with Gasteiger partial charge in [-0.2, -0.15) is 0 Å². The summed E-state index contributed by atoms with van der Waals surface area (Å²) in [5.74, 6) is -0.169. The molecular weight excluding hydrogens is 272 g/mol. The van der Waals surface area contributed by atoms with Crippen LogP contribution in [-0.2, 0) is 4.79 Å². The Morgan fingerprint density at radius 3 is 2.71 bits per heavy atom. The minimum atomic E-state index is -0.944. The van der Waals surface area contributed by atoms with E-state index in [1.165, 1.54) is 0 Å². The molecule has 3 N–H and O–H groups in total. The highest BCUT2D eigenvalue weighted by Crippen LogP contribution is 2.21. The summed E-state index contributed by atoms with van der Waals surface area (Å²) >= 11 is 0. The Morgan fingerprint density at radius 1 is 1.33 bits per heavy atom. The lowest BCUT2D eigenvalue weighted by molar-refractivity contribution is -0.136. The molecule has 0 saturated heterocycles. The van der Waals surface area contributed by atoms with Gasteiger partial charge in [0.25, 0.3) is 0 Å². The molecule has 1 rings (SSSR count). The molecule has 116 valence electrons. The summed E-state index contributed by atoms with van der Waals surface area (Å²) in [6.45, 7) is 4.75. The van der Waals surface area contributed by atoms with E-state index in [1.54, 1.807) is 12.1 Å². The van der Waals surface area contributed by atoms with Crippen LogP contribution in [0.1, 0.15) is 31.7 Å². The number of hydrogen-bond donors (Lipinski definition) is 3. The van der Waals surface area contributed by atoms with Crippen LogP contribution in [0, 0.1) is 6.92 Å². The number of carboxylic acid groups (broad SMARTS) is 1. The zero-order valence-electron chi connectivity index (χ0n) is 12.4. The second-order valence-electron chi connectivity index (χ2n) is 4.70. The Bertz CT molecular complexity index is 489. The Morgan fingerprint density at radius 2 is 2.10 bits per heavy atom. The van der Waals surface area contributed by atoms with Crippen LogP contribution in [0.5, 0.6) is 5.75 Å². The molecule has 0 atom stereocenters. The molecule has 1 aromatic rings. The molecule has 0 saturated carbocycles. The largest absolute Gasteiger partial charge is 0.494 e. The fourth-order valence-corrected chi connectivity index (χ4v) is 1.65. The molecule has 0 radical (unpaired) electrons. The van der Waals surface area contributed by atoms with E-state index in [4.69, 9.17) is 9.84 Å². The number of unbranched alkanes of at least 4 members (excludes halogenated alkanes) is 1. The number of urea groups is 1. The summed E-state index contributed by atoms with van der Waals surface area (Å²) in [6, 6.07) is 5.02. The zero-order valence-corrected chi connectivity index (χ0v) is 12.4. The van der Waals surface area contributed by atoms with E-state index in [1.807, 2.05) is 13.0 Å². The van der Waals surface area contributed by atoms with Crippen molar-refractivity contribution in [3.63, 3.8) is 0 Å². The molecule has 0 bridgehead atoms. The number of nitrogens with one attached hydrogen (secondary N) is 2. The van der Waals surface area contributed by atoms with Crippen molar-refractivity contribution in [2.45, 2.75) is 33.1 Å². The fourth-order valence-electron chi connectivity index (χ4n) is 1.65. The molecule has 0 aliphatic rings. The van der Waals surface area contributed by atoms with Crippen LogP contribution in [-0.4, -0.2) is 30.3 Å². The average Bonchev–Trinajstić information content (AvgIpc) is 2.41. The first-order chi connectivity index (χ1) is 10.0. The Hall–Kier alpha value is -2.24. The van der Waals surface area contributed by atoms with Crippen molar-refractivity contribution in [1.82, 2.24) is 5.32 Å². The zero-order chi connectivity index (χ0) is 15.7. The second-order valence-corrected chi connectivity index (χ2v) is 4.70. The summed E-state index contributed by atoms with van der Waals surface area (Å²) < 4.78 is 5.58. The van der Waals surface area contributed by atoms with Gasteiger partial charge in [-0.15, -0.1) is 0 Å². The summed E-state index contributed by atoms with van der Waals surface area (Å²) in [4.78, 5) is 21.9. The number of ether oxygens (including phenoxy) is 1. The maximum atomic E-state index is 11.6. The van der Waals surface area contributed by atoms with Gasteiger partial charge in [-0.1, -0.05) is 13.3 Å². The molecule has 0 heterocycles. The van der Waals surface area contributed by atoms with Gasteiger partial charge in [-0.3, -0.25) is 4.79 Å². The summed E-state index contributed by atoms with van der Waals surface area (Å²) in [5, 5.41) is 13.7. The monoisotopic (exact) mass is 294 g/mol. The molecule has 0 aliphatic heterocycles. The minimum absolute atomic E-state index is 0.0957. The molecule has 0 spiro atoms. The van der Waals surface area contributed by atoms with Crippen molar-refractivity contribution in [3.8, 4) is 5.75 Å². The van der Waals surface area contributed by atoms with E-state index in [0.717, 1.165) is 24.2 Å². The van der Waals surface area contributed by atoms with E-state index in [9.17, 15) is 9.59 Å². The van der Waals surface area contributed by atoms with Crippen molar-refractivity contribution in [2.75, 3.05) is 18.5 Å². The highest BCUT2D eigenvalue weighted by molar-refractivity contribution is 5.90. The van der Waals surface area contributed by atoms with Crippen molar-refractivity contribution in [3.05, 3.63) is 23.8 Å². The topological polar surface area (TPSA) is 87.7 Å². The first-order valence-corrected chi connectivity index (χ1v) is 7.03. The molecule has 21 heavy (non-hydrogen) atoms. The predicted octanol–water partition coefficient (Wildman–Crippen LogP) is 2.77. The van der Waals surface area contributed by atoms with Gasteiger partial charge in [-0.25, -0.2) is 4.79 Å². The highest BCUT2D eigenvalue weighted by Gasteiger charge is 2.06. The van der Waals surface area contributed by atoms with Crippen molar-refractivity contribution < 1.29 is 19.4 Å². The third-order valence-electron chi connectivity index (χ3n) is 2.84. The third-order valence-corrected chi connectivity index (χ3v) is 2.84. The van der Waals surface area contributed by atoms with Gasteiger partial charge >= 0.3 is 12.0 Å². The standard InChI is InChI=1S/C15H22N2O4/c1-3-4-9-21-12-5-6-13(11(2)10-12)17-15(20)16-8-7-14(18)19/h5-6,10H,3-4,7-9H2,1-2H3,(H,18,19)(H2,16,17,20). The van der Waals surface area contributed by atoms with Gasteiger partial charge in [0.05, 0.1) is 13.0 Å². The molecule has 6 nitrogen and oxygen atoms in total. The van der Waals surface area contributed by atoms with Crippen LogP contribution in [0.3, 0.4) is 0 Å². The van der Waals surface area contributed by atoms with Crippen LogP contribution in [0.4, 0.5) is 10.5 Å². The number of hydrogen-bond acceptors (Lipinski definition) is 3. The number of benzene rings is 1. The maximum Gasteiger partial charge on any atom is 0.319 e. The van der Waals surface area contributed by atoms with Crippen molar-refractivity contribution in [1.29, 1.82) is 0 Å². The lowest BCUT2D eigenvalue weighted by Crippen LogP contribution is -2.30. The Labute approximate surface area is 124 Å². The third kappa shape index (κ3) is 6.65. The van der Waals surface area contributed by atoms with E-state index in [-0.39, 0.29) is 13.0 Å². The first-order valence-electron chi connectivity index (χ1n) is 7.03. The van der Waals surface area contributed by atoms with E-state index < -0.39 is 12.0 Å². The number of rotatable bonds is 8. The number of carboxylic acids is 1. The second kappa shape index (κ2) is 8.84. The van der Waals surface area contributed by atoms with Crippen LogP contribution in [0.2, 0.25) is 0 Å². The van der Waals surface area contributed by atoms with Gasteiger partial charge in [0.1, 0.15) is 5.75 Å². The Balaban J connectivity index is 2.48. The van der Waals surface area contributed by atoms with Gasteiger partial charge < -0.3 is 20.5 Å². The fraction of sp³-hybridized carbons (Fsp3) is 0.467. The van der Waals surface area contributed by atoms with Crippen molar-refractivity contribution in [2.24, 2.45) is 0 Å². The molecule has 6 heteroatoms.